The molecule has 2 N–H and O–H groups in total. The van der Waals surface area contributed by atoms with E-state index in [0.29, 0.717) is 19.3 Å². The van der Waals surface area contributed by atoms with Gasteiger partial charge in [-0.15, -0.1) is 0 Å². The van der Waals surface area contributed by atoms with Crippen molar-refractivity contribution in [2.24, 2.45) is 0 Å². The molecule has 0 radical (unpaired) electrons. The van der Waals surface area contributed by atoms with Crippen LogP contribution in [0.1, 0.15) is 265 Å². The third-order valence-corrected chi connectivity index (χ3v) is 13.0. The first-order chi connectivity index (χ1) is 33.2. The smallest absolute Gasteiger partial charge is 0.462 e. The lowest BCUT2D eigenvalue weighted by Crippen LogP contribution is -2.30. The highest BCUT2D eigenvalue weighted by Crippen LogP contribution is 2.43. The highest BCUT2D eigenvalue weighted by atomic mass is 31.2. The lowest BCUT2D eigenvalue weighted by Gasteiger charge is -2.21. The summed E-state index contributed by atoms with van der Waals surface area (Å²) in [7, 11) is -4.74. The van der Waals surface area contributed by atoms with Gasteiger partial charge in [-0.3, -0.25) is 23.4 Å². The number of phosphoric ester groups is 1. The van der Waals surface area contributed by atoms with Gasteiger partial charge in [0, 0.05) is 19.3 Å². The van der Waals surface area contributed by atoms with Gasteiger partial charge in [-0.25, -0.2) is 4.57 Å². The summed E-state index contributed by atoms with van der Waals surface area (Å²) in [6.07, 6.45) is 51.1. The summed E-state index contributed by atoms with van der Waals surface area (Å²) >= 11 is 0. The van der Waals surface area contributed by atoms with Crippen LogP contribution in [-0.4, -0.2) is 66.5 Å². The number of carbonyl (C=O) groups excluding carboxylic acids is 3. The summed E-state index contributed by atoms with van der Waals surface area (Å²) < 4.78 is 39.4. The number of allylic oxidation sites excluding steroid dienone is 6. The average molecular weight is 983 g/mol. The molecule has 0 aromatic heterocycles. The van der Waals surface area contributed by atoms with Crippen molar-refractivity contribution in [3.05, 3.63) is 36.5 Å². The van der Waals surface area contributed by atoms with Crippen molar-refractivity contribution in [1.82, 2.24) is 0 Å². The molecule has 0 aromatic carbocycles. The summed E-state index contributed by atoms with van der Waals surface area (Å²) in [5.74, 6) is -1.46. The van der Waals surface area contributed by atoms with Crippen LogP contribution in [0.2, 0.25) is 0 Å². The van der Waals surface area contributed by atoms with Gasteiger partial charge in [0.1, 0.15) is 12.7 Å². The van der Waals surface area contributed by atoms with Gasteiger partial charge < -0.3 is 24.2 Å². The van der Waals surface area contributed by atoms with Gasteiger partial charge in [0.2, 0.25) is 0 Å². The molecule has 0 rings (SSSR count). The third-order valence-electron chi connectivity index (χ3n) is 12.1. The van der Waals surface area contributed by atoms with E-state index >= 15 is 0 Å². The second kappa shape index (κ2) is 51.1. The van der Waals surface area contributed by atoms with E-state index in [-0.39, 0.29) is 25.9 Å². The number of aliphatic hydroxyl groups is 1. The average Bonchev–Trinajstić information content (AvgIpc) is 3.32. The highest BCUT2D eigenvalue weighted by molar-refractivity contribution is 7.47. The largest absolute Gasteiger partial charge is 0.472 e. The Kier molecular flexibility index (Phi) is 49.3. The van der Waals surface area contributed by atoms with E-state index in [1.165, 1.54) is 116 Å². The Morgan fingerprint density at radius 2 is 0.721 bits per heavy atom. The molecule has 3 atom stereocenters. The zero-order valence-corrected chi connectivity index (χ0v) is 44.7. The minimum atomic E-state index is -4.74. The first-order valence-electron chi connectivity index (χ1n) is 27.9. The number of unbranched alkanes of at least 4 members (excludes halogenated alkanes) is 29. The van der Waals surface area contributed by atoms with Gasteiger partial charge in [0.05, 0.1) is 19.8 Å². The Balaban J connectivity index is 4.70. The van der Waals surface area contributed by atoms with Crippen LogP contribution in [0.25, 0.3) is 0 Å². The number of ether oxygens (including phenoxy) is 3. The number of hydrogen-bond donors (Lipinski definition) is 2. The second-order valence-corrected chi connectivity index (χ2v) is 20.2. The van der Waals surface area contributed by atoms with Gasteiger partial charge in [-0.2, -0.15) is 0 Å². The lowest BCUT2D eigenvalue weighted by molar-refractivity contribution is -0.161. The van der Waals surface area contributed by atoms with E-state index in [2.05, 4.69) is 57.2 Å². The summed E-state index contributed by atoms with van der Waals surface area (Å²) in [6, 6.07) is 0. The molecular weight excluding hydrogens is 880 g/mol. The maximum Gasteiger partial charge on any atom is 0.472 e. The molecule has 398 valence electrons. The van der Waals surface area contributed by atoms with Crippen LogP contribution in [0.4, 0.5) is 0 Å². The Bertz CT molecular complexity index is 1280. The molecule has 12 heteroatoms. The first kappa shape index (κ1) is 65.7. The number of phosphoric acid groups is 1. The summed E-state index contributed by atoms with van der Waals surface area (Å²) in [4.78, 5) is 48.3. The number of esters is 3. The molecular formula is C56H103O11P. The van der Waals surface area contributed by atoms with Gasteiger partial charge in [0.25, 0.3) is 0 Å². The molecule has 0 aliphatic rings. The number of carbonyl (C=O) groups is 3. The van der Waals surface area contributed by atoms with Crippen LogP contribution < -0.4 is 0 Å². The van der Waals surface area contributed by atoms with Crippen LogP contribution in [-0.2, 0) is 42.2 Å². The van der Waals surface area contributed by atoms with E-state index in [0.717, 1.165) is 89.9 Å². The molecule has 0 spiro atoms. The van der Waals surface area contributed by atoms with Gasteiger partial charge in [0.15, 0.2) is 6.10 Å². The standard InChI is InChI=1S/C56H103O11P/c1-4-7-10-13-16-19-21-23-24-25-26-27-28-30-31-34-36-39-42-45-54(58)63-49-53(67-56(60)47-44-41-38-35-32-29-22-20-17-14-11-8-5-2)51-65-68(61,62)64-50-52(48-57)66-55(59)46-43-40-37-33-18-15-12-9-6-3/h16,19,23-24,26-27,52-53,57H,4-15,17-18,20-22,25,28-51H2,1-3H3,(H,61,62)/b19-16-,24-23-,27-26-. The van der Waals surface area contributed by atoms with Crippen LogP contribution in [0, 0.1) is 0 Å². The molecule has 0 saturated heterocycles. The molecule has 0 bridgehead atoms. The fourth-order valence-corrected chi connectivity index (χ4v) is 8.56. The summed E-state index contributed by atoms with van der Waals surface area (Å²) in [5, 5.41) is 9.75. The molecule has 0 amide bonds. The topological polar surface area (TPSA) is 155 Å². The monoisotopic (exact) mass is 983 g/mol. The molecule has 68 heavy (non-hydrogen) atoms. The second-order valence-electron chi connectivity index (χ2n) is 18.8. The van der Waals surface area contributed by atoms with E-state index < -0.39 is 57.8 Å². The van der Waals surface area contributed by atoms with Crippen molar-refractivity contribution < 1.29 is 52.2 Å². The Hall–Kier alpha value is -2.30. The van der Waals surface area contributed by atoms with E-state index in [4.69, 9.17) is 23.3 Å². The Morgan fingerprint density at radius 3 is 1.13 bits per heavy atom. The lowest BCUT2D eigenvalue weighted by atomic mass is 10.0. The van der Waals surface area contributed by atoms with E-state index in [1.54, 1.807) is 0 Å². The van der Waals surface area contributed by atoms with Crippen molar-refractivity contribution in [1.29, 1.82) is 0 Å². The Labute approximate surface area is 416 Å². The van der Waals surface area contributed by atoms with Crippen LogP contribution in [0.15, 0.2) is 36.5 Å². The van der Waals surface area contributed by atoms with Crippen molar-refractivity contribution in [2.75, 3.05) is 26.4 Å². The molecule has 0 fully saturated rings. The van der Waals surface area contributed by atoms with Gasteiger partial charge >= 0.3 is 25.7 Å². The summed E-state index contributed by atoms with van der Waals surface area (Å²) in [5.41, 5.74) is 0. The normalized spacial score (nSPS) is 13.7. The Morgan fingerprint density at radius 1 is 0.412 bits per heavy atom. The number of hydrogen-bond acceptors (Lipinski definition) is 10. The predicted molar refractivity (Wildman–Crippen MR) is 279 cm³/mol. The first-order valence-corrected chi connectivity index (χ1v) is 29.4. The molecule has 0 aromatic rings. The minimum absolute atomic E-state index is 0.170. The maximum atomic E-state index is 12.9. The molecule has 0 saturated carbocycles. The molecule has 0 aliphatic carbocycles. The third kappa shape index (κ3) is 48.7. The number of aliphatic hydroxyl groups excluding tert-OH is 1. The fourth-order valence-electron chi connectivity index (χ4n) is 7.78. The molecule has 3 unspecified atom stereocenters. The minimum Gasteiger partial charge on any atom is -0.462 e. The van der Waals surface area contributed by atoms with Crippen LogP contribution >= 0.6 is 7.82 Å². The van der Waals surface area contributed by atoms with Crippen LogP contribution in [0.3, 0.4) is 0 Å². The van der Waals surface area contributed by atoms with Crippen molar-refractivity contribution >= 4 is 25.7 Å². The molecule has 0 aliphatic heterocycles. The van der Waals surface area contributed by atoms with Gasteiger partial charge in [-0.05, 0) is 57.8 Å². The van der Waals surface area contributed by atoms with Crippen molar-refractivity contribution in [3.63, 3.8) is 0 Å². The summed E-state index contributed by atoms with van der Waals surface area (Å²) in [6.45, 7) is 4.60. The SMILES string of the molecule is CCCCC/C=C\C/C=C\C/C=C\CCCCCCCCC(=O)OCC(COP(=O)(O)OCC(CO)OC(=O)CCCCCCCCCCC)OC(=O)CCCCCCCCCCCCCCC. The van der Waals surface area contributed by atoms with E-state index in [1.807, 2.05) is 0 Å². The molecule has 0 heterocycles. The van der Waals surface area contributed by atoms with Crippen LogP contribution in [0.5, 0.6) is 0 Å². The van der Waals surface area contributed by atoms with Gasteiger partial charge in [-0.1, -0.05) is 224 Å². The van der Waals surface area contributed by atoms with Crippen molar-refractivity contribution in [3.8, 4) is 0 Å². The zero-order valence-electron chi connectivity index (χ0n) is 43.8. The highest BCUT2D eigenvalue weighted by Gasteiger charge is 2.28. The quantitative estimate of drug-likeness (QED) is 0.0197. The zero-order chi connectivity index (χ0) is 49.9. The fraction of sp³-hybridized carbons (Fsp3) is 0.839. The predicted octanol–water partition coefficient (Wildman–Crippen LogP) is 16.0. The van der Waals surface area contributed by atoms with Crippen molar-refractivity contribution in [2.45, 2.75) is 277 Å². The van der Waals surface area contributed by atoms with E-state index in [9.17, 15) is 28.9 Å². The maximum absolute atomic E-state index is 12.9. The molecule has 11 nitrogen and oxygen atoms in total. The number of rotatable bonds is 52.